The van der Waals surface area contributed by atoms with E-state index in [9.17, 15) is 9.59 Å². The maximum absolute atomic E-state index is 11.6. The van der Waals surface area contributed by atoms with Crippen molar-refractivity contribution >= 4 is 29.0 Å². The average Bonchev–Trinajstić information content (AvgIpc) is 3.39. The van der Waals surface area contributed by atoms with Gasteiger partial charge in [0, 0.05) is 45.3 Å². The number of aromatic nitrogens is 2. The predicted molar refractivity (Wildman–Crippen MR) is 120 cm³/mol. The number of ether oxygens (including phenoxy) is 2. The van der Waals surface area contributed by atoms with E-state index in [4.69, 9.17) is 14.6 Å². The predicted octanol–water partition coefficient (Wildman–Crippen LogP) is 3.10. The van der Waals surface area contributed by atoms with Crippen LogP contribution in [0.2, 0.25) is 0 Å². The molecule has 0 unspecified atom stereocenters. The van der Waals surface area contributed by atoms with E-state index < -0.39 is 0 Å². The Morgan fingerprint density at radius 3 is 2.61 bits per heavy atom. The summed E-state index contributed by atoms with van der Waals surface area (Å²) in [5.74, 6) is 0.645. The third kappa shape index (κ3) is 4.91. The van der Waals surface area contributed by atoms with Gasteiger partial charge in [-0.1, -0.05) is 26.0 Å². The smallest absolute Gasteiger partial charge is 0.228 e. The highest BCUT2D eigenvalue weighted by Crippen LogP contribution is 2.44. The van der Waals surface area contributed by atoms with Crippen LogP contribution in [0.4, 0.5) is 5.82 Å². The highest BCUT2D eigenvalue weighted by Gasteiger charge is 2.41. The minimum atomic E-state index is -0.357. The Bertz CT molecular complexity index is 894. The number of hydrogen-bond donors (Lipinski definition) is 1. The number of imide groups is 1. The van der Waals surface area contributed by atoms with Crippen LogP contribution in [0.25, 0.3) is 10.9 Å². The first-order valence-electron chi connectivity index (χ1n) is 11.2. The molecule has 2 amide bonds. The Labute approximate surface area is 183 Å². The molecule has 0 radical (unpaired) electrons. The van der Waals surface area contributed by atoms with Crippen molar-refractivity contribution in [3.63, 3.8) is 0 Å². The molecule has 2 heterocycles. The summed E-state index contributed by atoms with van der Waals surface area (Å²) in [7, 11) is 3.89. The fraction of sp³-hybridized carbons (Fsp3) is 0.609. The van der Waals surface area contributed by atoms with Crippen LogP contribution in [-0.4, -0.2) is 54.7 Å². The molecule has 8 nitrogen and oxygen atoms in total. The summed E-state index contributed by atoms with van der Waals surface area (Å²) in [4.78, 5) is 24.0. The number of fused-ring (bicyclic) bond motifs is 1. The lowest BCUT2D eigenvalue weighted by Gasteiger charge is -2.35. The number of carbonyl (C=O) groups excluding carboxylic acids is 2. The molecular formula is C23H34N4O4. The van der Waals surface area contributed by atoms with Crippen LogP contribution in [0.3, 0.4) is 0 Å². The minimum absolute atomic E-state index is 0.234. The number of hydrogen-bond acceptors (Lipinski definition) is 6. The van der Waals surface area contributed by atoms with E-state index in [1.165, 1.54) is 5.56 Å². The van der Waals surface area contributed by atoms with Gasteiger partial charge in [-0.25, -0.2) is 0 Å². The Kier molecular flexibility index (Phi) is 7.67. The van der Waals surface area contributed by atoms with Gasteiger partial charge in [0.05, 0.1) is 18.7 Å². The van der Waals surface area contributed by atoms with Crippen LogP contribution < -0.4 is 10.2 Å². The molecule has 1 saturated carbocycles. The van der Waals surface area contributed by atoms with Gasteiger partial charge in [0.1, 0.15) is 0 Å². The fourth-order valence-corrected chi connectivity index (χ4v) is 4.63. The molecule has 1 aliphatic heterocycles. The number of nitrogens with zero attached hydrogens (tertiary/aromatic N) is 3. The standard InChI is InChI=1S/C21H28N4O4.C2H6/c1-24(11-8-18(27)22-14-26)20-17-5-3-4-16(19(17)25(2)23-20)15-6-9-21(10-7-15)28-12-13-29-21;1-2/h3-5,14-15H,6-13H2,1-2H3,(H,22,26,27);1-2H3. The van der Waals surface area contributed by atoms with E-state index in [1.54, 1.807) is 0 Å². The van der Waals surface area contributed by atoms with Crippen molar-refractivity contribution in [2.45, 2.75) is 57.7 Å². The van der Waals surface area contributed by atoms with Gasteiger partial charge in [0.15, 0.2) is 11.6 Å². The van der Waals surface area contributed by atoms with E-state index in [0.29, 0.717) is 32.1 Å². The largest absolute Gasteiger partial charge is 0.357 e. The van der Waals surface area contributed by atoms with Gasteiger partial charge in [0.25, 0.3) is 0 Å². The Morgan fingerprint density at radius 1 is 1.29 bits per heavy atom. The second-order valence-corrected chi connectivity index (χ2v) is 7.93. The van der Waals surface area contributed by atoms with Gasteiger partial charge in [-0.2, -0.15) is 5.10 Å². The first-order chi connectivity index (χ1) is 15.0. The molecule has 1 N–H and O–H groups in total. The molecule has 0 atom stereocenters. The highest BCUT2D eigenvalue weighted by atomic mass is 16.7. The molecule has 1 aliphatic carbocycles. The normalized spacial score (nSPS) is 17.9. The molecule has 4 rings (SSSR count). The summed E-state index contributed by atoms with van der Waals surface area (Å²) in [6.45, 7) is 5.88. The summed E-state index contributed by atoms with van der Waals surface area (Å²) in [6.07, 6.45) is 4.55. The zero-order chi connectivity index (χ0) is 22.4. The molecule has 1 spiro atoms. The molecular weight excluding hydrogens is 396 g/mol. The maximum atomic E-state index is 11.6. The first-order valence-corrected chi connectivity index (χ1v) is 11.2. The Hall–Kier alpha value is -2.45. The molecule has 0 bridgehead atoms. The number of benzene rings is 1. The van der Waals surface area contributed by atoms with Gasteiger partial charge < -0.3 is 14.4 Å². The topological polar surface area (TPSA) is 85.7 Å². The summed E-state index contributed by atoms with van der Waals surface area (Å²) < 4.78 is 13.7. The number of nitrogens with one attached hydrogen (secondary N) is 1. The number of carbonyl (C=O) groups is 2. The van der Waals surface area contributed by atoms with Crippen LogP contribution in [0.15, 0.2) is 18.2 Å². The first kappa shape index (κ1) is 23.2. The van der Waals surface area contributed by atoms with E-state index in [0.717, 1.165) is 42.4 Å². The van der Waals surface area contributed by atoms with Gasteiger partial charge in [-0.3, -0.25) is 19.6 Å². The lowest BCUT2D eigenvalue weighted by Crippen LogP contribution is -2.34. The van der Waals surface area contributed by atoms with E-state index >= 15 is 0 Å². The Balaban J connectivity index is 0.00000132. The molecule has 2 aliphatic rings. The maximum Gasteiger partial charge on any atom is 0.228 e. The highest BCUT2D eigenvalue weighted by molar-refractivity contribution is 5.93. The number of amides is 2. The molecule has 1 saturated heterocycles. The fourth-order valence-electron chi connectivity index (χ4n) is 4.63. The SMILES string of the molecule is CC.CN(CCC(=O)NC=O)c1nn(C)c2c(C3CCC4(CC3)OCCO4)cccc12. The number of para-hydroxylation sites is 1. The molecule has 2 fully saturated rings. The lowest BCUT2D eigenvalue weighted by molar-refractivity contribution is -0.178. The molecule has 31 heavy (non-hydrogen) atoms. The second-order valence-electron chi connectivity index (χ2n) is 7.93. The van der Waals surface area contributed by atoms with E-state index in [1.807, 2.05) is 37.5 Å². The van der Waals surface area contributed by atoms with Crippen molar-refractivity contribution in [2.75, 3.05) is 31.7 Å². The van der Waals surface area contributed by atoms with Crippen molar-refractivity contribution in [3.8, 4) is 0 Å². The van der Waals surface area contributed by atoms with Gasteiger partial charge >= 0.3 is 0 Å². The van der Waals surface area contributed by atoms with Gasteiger partial charge in [0.2, 0.25) is 12.3 Å². The second kappa shape index (κ2) is 10.2. The van der Waals surface area contributed by atoms with Crippen molar-refractivity contribution < 1.29 is 19.1 Å². The number of aryl methyl sites for hydroxylation is 1. The summed E-state index contributed by atoms with van der Waals surface area (Å²) in [5.41, 5.74) is 2.45. The monoisotopic (exact) mass is 430 g/mol. The minimum Gasteiger partial charge on any atom is -0.357 e. The van der Waals surface area contributed by atoms with Gasteiger partial charge in [-0.05, 0) is 30.4 Å². The van der Waals surface area contributed by atoms with E-state index in [2.05, 4.69) is 23.5 Å². The Morgan fingerprint density at radius 2 is 1.97 bits per heavy atom. The summed E-state index contributed by atoms with van der Waals surface area (Å²) in [5, 5.41) is 7.99. The molecule has 170 valence electrons. The lowest BCUT2D eigenvalue weighted by atomic mass is 9.80. The van der Waals surface area contributed by atoms with Crippen molar-refractivity contribution in [2.24, 2.45) is 7.05 Å². The zero-order valence-electron chi connectivity index (χ0n) is 19.0. The van der Waals surface area contributed by atoms with Crippen LogP contribution in [0, 0.1) is 0 Å². The van der Waals surface area contributed by atoms with Crippen LogP contribution in [0.5, 0.6) is 0 Å². The molecule has 1 aromatic carbocycles. The van der Waals surface area contributed by atoms with Crippen LogP contribution in [-0.2, 0) is 26.1 Å². The molecule has 2 aromatic rings. The average molecular weight is 431 g/mol. The number of anilines is 1. The van der Waals surface area contributed by atoms with E-state index in [-0.39, 0.29) is 18.1 Å². The van der Waals surface area contributed by atoms with Crippen LogP contribution >= 0.6 is 0 Å². The van der Waals surface area contributed by atoms with Crippen molar-refractivity contribution in [3.05, 3.63) is 23.8 Å². The van der Waals surface area contributed by atoms with Crippen molar-refractivity contribution in [1.29, 1.82) is 0 Å². The third-order valence-corrected chi connectivity index (χ3v) is 6.13. The van der Waals surface area contributed by atoms with Crippen LogP contribution in [0.1, 0.15) is 57.4 Å². The quantitative estimate of drug-likeness (QED) is 0.709. The van der Waals surface area contributed by atoms with Crippen molar-refractivity contribution in [1.82, 2.24) is 15.1 Å². The summed E-state index contributed by atoms with van der Waals surface area (Å²) in [6, 6.07) is 6.36. The zero-order valence-corrected chi connectivity index (χ0v) is 19.0. The molecule has 1 aromatic heterocycles. The summed E-state index contributed by atoms with van der Waals surface area (Å²) >= 11 is 0. The van der Waals surface area contributed by atoms with Gasteiger partial charge in [-0.15, -0.1) is 0 Å². The number of rotatable bonds is 6. The third-order valence-electron chi connectivity index (χ3n) is 6.13. The molecule has 8 heteroatoms.